The first-order valence-corrected chi connectivity index (χ1v) is 11.4. The lowest BCUT2D eigenvalue weighted by Crippen LogP contribution is -2.35. The average Bonchev–Trinajstić information content (AvgIpc) is 2.77. The number of fused-ring (bicyclic) bond motifs is 1. The van der Waals surface area contributed by atoms with Crippen LogP contribution in [0.25, 0.3) is 0 Å². The molecule has 0 spiro atoms. The zero-order valence-corrected chi connectivity index (χ0v) is 19.4. The number of nitrogens with zero attached hydrogens (tertiary/aromatic N) is 2. The molecule has 0 aliphatic carbocycles. The summed E-state index contributed by atoms with van der Waals surface area (Å²) in [5.41, 5.74) is 4.23. The van der Waals surface area contributed by atoms with E-state index in [1.807, 2.05) is 35.2 Å². The second kappa shape index (κ2) is 11.0. The van der Waals surface area contributed by atoms with Gasteiger partial charge in [-0.2, -0.15) is 0 Å². The van der Waals surface area contributed by atoms with Crippen molar-refractivity contribution in [3.05, 3.63) is 82.5 Å². The Labute approximate surface area is 196 Å². The highest BCUT2D eigenvalue weighted by molar-refractivity contribution is 8.00. The van der Waals surface area contributed by atoms with Gasteiger partial charge in [-0.15, -0.1) is 11.8 Å². The topological polar surface area (TPSA) is 82.5 Å². The van der Waals surface area contributed by atoms with Crippen molar-refractivity contribution in [3.8, 4) is 0 Å². The molecule has 1 aromatic heterocycles. The number of aryl methyl sites for hydroxylation is 1. The van der Waals surface area contributed by atoms with Crippen LogP contribution in [0.5, 0.6) is 0 Å². The summed E-state index contributed by atoms with van der Waals surface area (Å²) in [4.78, 5) is 28.6. The number of nitrogens with one attached hydrogen (secondary N) is 1. The zero-order valence-electron chi connectivity index (χ0n) is 17.8. The molecule has 1 unspecified atom stereocenters. The quantitative estimate of drug-likeness (QED) is 0.476. The number of thioether (sulfide) groups is 1. The maximum absolute atomic E-state index is 12.8. The Balaban J connectivity index is 0.000000913. The van der Waals surface area contributed by atoms with E-state index in [0.29, 0.717) is 17.3 Å². The summed E-state index contributed by atoms with van der Waals surface area (Å²) in [5, 5.41) is 11.1. The molecule has 2 aromatic carbocycles. The third-order valence-corrected chi connectivity index (χ3v) is 6.24. The number of rotatable bonds is 5. The SMILES string of the molecule is Cc1ccc(C(C)Nc2nccc3c2N(Cc2cccc(Cl)c2)C(=O)CS3)cc1.O=CO. The molecule has 0 saturated heterocycles. The Morgan fingerprint density at radius 2 is 1.97 bits per heavy atom. The first-order chi connectivity index (χ1) is 15.4. The number of benzene rings is 2. The number of halogens is 1. The maximum atomic E-state index is 12.8. The molecule has 0 bridgehead atoms. The van der Waals surface area contributed by atoms with Crippen LogP contribution in [0.3, 0.4) is 0 Å². The predicted molar refractivity (Wildman–Crippen MR) is 130 cm³/mol. The third-order valence-electron chi connectivity index (χ3n) is 4.97. The van der Waals surface area contributed by atoms with Gasteiger partial charge in [0.15, 0.2) is 5.82 Å². The molecule has 6 nitrogen and oxygen atoms in total. The van der Waals surface area contributed by atoms with E-state index in [2.05, 4.69) is 48.4 Å². The van der Waals surface area contributed by atoms with E-state index in [9.17, 15) is 4.79 Å². The number of carbonyl (C=O) groups is 2. The summed E-state index contributed by atoms with van der Waals surface area (Å²) in [6.45, 7) is 4.39. The molecule has 1 atom stereocenters. The predicted octanol–water partition coefficient (Wildman–Crippen LogP) is 5.56. The minimum Gasteiger partial charge on any atom is -0.483 e. The molecular formula is C24H24ClN3O3S. The minimum absolute atomic E-state index is 0.0599. The fourth-order valence-electron chi connectivity index (χ4n) is 3.39. The van der Waals surface area contributed by atoms with Crippen molar-refractivity contribution in [1.82, 2.24) is 4.98 Å². The number of carboxylic acid groups (broad SMARTS) is 1. The van der Waals surface area contributed by atoms with Crippen LogP contribution in [0.2, 0.25) is 5.02 Å². The highest BCUT2D eigenvalue weighted by atomic mass is 35.5. The number of amides is 1. The Bertz CT molecular complexity index is 1090. The van der Waals surface area contributed by atoms with E-state index in [1.165, 1.54) is 11.1 Å². The van der Waals surface area contributed by atoms with E-state index in [0.717, 1.165) is 22.0 Å². The van der Waals surface area contributed by atoms with Crippen molar-refractivity contribution in [2.45, 2.75) is 31.3 Å². The molecule has 4 rings (SSSR count). The highest BCUT2D eigenvalue weighted by Crippen LogP contribution is 2.41. The van der Waals surface area contributed by atoms with Crippen molar-refractivity contribution in [2.24, 2.45) is 0 Å². The van der Waals surface area contributed by atoms with E-state index < -0.39 is 0 Å². The van der Waals surface area contributed by atoms with Crippen LogP contribution in [0.4, 0.5) is 11.5 Å². The first kappa shape index (κ1) is 23.6. The minimum atomic E-state index is -0.250. The van der Waals surface area contributed by atoms with Gasteiger partial charge in [0.25, 0.3) is 6.47 Å². The van der Waals surface area contributed by atoms with Crippen molar-refractivity contribution >= 4 is 47.2 Å². The fourth-order valence-corrected chi connectivity index (χ4v) is 4.54. The molecule has 1 aliphatic rings. The number of anilines is 2. The van der Waals surface area contributed by atoms with Gasteiger partial charge in [-0.25, -0.2) is 4.98 Å². The second-order valence-corrected chi connectivity index (χ2v) is 8.74. The molecule has 0 fully saturated rings. The van der Waals surface area contributed by atoms with Gasteiger partial charge in [-0.1, -0.05) is 53.6 Å². The largest absolute Gasteiger partial charge is 0.483 e. The highest BCUT2D eigenvalue weighted by Gasteiger charge is 2.29. The van der Waals surface area contributed by atoms with Crippen LogP contribution in [0.15, 0.2) is 65.7 Å². The molecule has 0 radical (unpaired) electrons. The summed E-state index contributed by atoms with van der Waals surface area (Å²) in [7, 11) is 0. The summed E-state index contributed by atoms with van der Waals surface area (Å²) in [6, 6.07) is 18.1. The summed E-state index contributed by atoms with van der Waals surface area (Å²) >= 11 is 7.70. The molecule has 32 heavy (non-hydrogen) atoms. The van der Waals surface area contributed by atoms with Gasteiger partial charge in [0.05, 0.1) is 18.3 Å². The van der Waals surface area contributed by atoms with Crippen LogP contribution >= 0.6 is 23.4 Å². The summed E-state index contributed by atoms with van der Waals surface area (Å²) in [5.74, 6) is 1.21. The molecule has 3 aromatic rings. The van der Waals surface area contributed by atoms with Crippen LogP contribution in [0.1, 0.15) is 29.7 Å². The van der Waals surface area contributed by atoms with E-state index in [-0.39, 0.29) is 18.4 Å². The van der Waals surface area contributed by atoms with Crippen molar-refractivity contribution in [3.63, 3.8) is 0 Å². The lowest BCUT2D eigenvalue weighted by molar-refractivity contribution is -0.123. The van der Waals surface area contributed by atoms with Crippen LogP contribution in [-0.2, 0) is 16.1 Å². The van der Waals surface area contributed by atoms with Crippen molar-refractivity contribution in [1.29, 1.82) is 0 Å². The third kappa shape index (κ3) is 5.81. The molecule has 1 amide bonds. The van der Waals surface area contributed by atoms with Crippen molar-refractivity contribution in [2.75, 3.05) is 16.0 Å². The lowest BCUT2D eigenvalue weighted by Gasteiger charge is -2.31. The maximum Gasteiger partial charge on any atom is 0.290 e. The van der Waals surface area contributed by atoms with Gasteiger partial charge < -0.3 is 15.3 Å². The van der Waals surface area contributed by atoms with Crippen LogP contribution < -0.4 is 10.2 Å². The Morgan fingerprint density at radius 1 is 1.25 bits per heavy atom. The molecule has 2 heterocycles. The zero-order chi connectivity index (χ0) is 23.1. The Kier molecular flexibility index (Phi) is 8.14. The summed E-state index contributed by atoms with van der Waals surface area (Å²) in [6.07, 6.45) is 1.80. The van der Waals surface area contributed by atoms with E-state index in [1.54, 1.807) is 18.0 Å². The van der Waals surface area contributed by atoms with E-state index >= 15 is 0 Å². The summed E-state index contributed by atoms with van der Waals surface area (Å²) < 4.78 is 0. The second-order valence-electron chi connectivity index (χ2n) is 7.29. The molecule has 2 N–H and O–H groups in total. The lowest BCUT2D eigenvalue weighted by atomic mass is 10.1. The van der Waals surface area contributed by atoms with Gasteiger partial charge in [-0.05, 0) is 43.2 Å². The number of carbonyl (C=O) groups excluding carboxylic acids is 1. The average molecular weight is 470 g/mol. The van der Waals surface area contributed by atoms with Crippen LogP contribution in [-0.4, -0.2) is 28.2 Å². The first-order valence-electron chi connectivity index (χ1n) is 10.0. The molecular weight excluding hydrogens is 446 g/mol. The van der Waals surface area contributed by atoms with Gasteiger partial charge in [0, 0.05) is 16.1 Å². The molecule has 166 valence electrons. The van der Waals surface area contributed by atoms with Gasteiger partial charge in [0.2, 0.25) is 5.91 Å². The standard InChI is InChI=1S/C23H22ClN3OS.CH2O2/c1-15-6-8-18(9-7-15)16(2)26-23-22-20(10-11-25-23)29-14-21(28)27(22)13-17-4-3-5-19(24)12-17;2-1-3/h3-12,16H,13-14H2,1-2H3,(H,25,26);1H,(H,2,3). The fraction of sp³-hybridized carbons (Fsp3) is 0.208. The van der Waals surface area contributed by atoms with Gasteiger partial charge in [-0.3, -0.25) is 9.59 Å². The number of hydrogen-bond donors (Lipinski definition) is 2. The Morgan fingerprint density at radius 3 is 2.66 bits per heavy atom. The molecule has 1 aliphatic heterocycles. The van der Waals surface area contributed by atoms with E-state index in [4.69, 9.17) is 21.5 Å². The van der Waals surface area contributed by atoms with Crippen molar-refractivity contribution < 1.29 is 14.7 Å². The van der Waals surface area contributed by atoms with Crippen LogP contribution in [0, 0.1) is 6.92 Å². The molecule has 0 saturated carbocycles. The number of pyridine rings is 1. The monoisotopic (exact) mass is 469 g/mol. The number of aromatic nitrogens is 1. The molecule has 8 heteroatoms. The smallest absolute Gasteiger partial charge is 0.290 e. The van der Waals surface area contributed by atoms with Gasteiger partial charge >= 0.3 is 0 Å². The number of hydrogen-bond acceptors (Lipinski definition) is 5. The normalized spacial score (nSPS) is 13.5. The Hall–Kier alpha value is -3.03. The van der Waals surface area contributed by atoms with Gasteiger partial charge in [0.1, 0.15) is 5.69 Å².